The van der Waals surface area contributed by atoms with Gasteiger partial charge in [0.1, 0.15) is 0 Å². The summed E-state index contributed by atoms with van der Waals surface area (Å²) in [4.78, 5) is 0. The highest BCUT2D eigenvalue weighted by Gasteiger charge is 2.26. The van der Waals surface area contributed by atoms with Crippen molar-refractivity contribution in [1.29, 1.82) is 0 Å². The molecular weight excluding hydrogens is 341 g/mol. The van der Waals surface area contributed by atoms with E-state index in [-0.39, 0.29) is 0 Å². The van der Waals surface area contributed by atoms with Crippen LogP contribution in [0.4, 0.5) is 0 Å². The standard InChI is InChI=1S/C14H18INS/c1-10(2)12-4-6-13(7-5-12)14-11(3)8-9-16(14)17-15/h4-8,10,14H,9H2,1-3H3. The lowest BCUT2D eigenvalue weighted by molar-refractivity contribution is 0.477. The second-order valence-electron chi connectivity index (χ2n) is 4.84. The van der Waals surface area contributed by atoms with E-state index in [0.29, 0.717) is 12.0 Å². The first-order valence-corrected chi connectivity index (χ1v) is 9.27. The molecule has 1 atom stereocenters. The van der Waals surface area contributed by atoms with E-state index in [1.54, 1.807) is 9.12 Å². The number of hydrogen-bond donors (Lipinski definition) is 0. The van der Waals surface area contributed by atoms with Crippen molar-refractivity contribution in [3.05, 3.63) is 47.0 Å². The van der Waals surface area contributed by atoms with E-state index < -0.39 is 0 Å². The Labute approximate surface area is 120 Å². The average molecular weight is 359 g/mol. The maximum absolute atomic E-state index is 2.42. The normalized spacial score (nSPS) is 21.0. The van der Waals surface area contributed by atoms with Crippen molar-refractivity contribution in [2.24, 2.45) is 0 Å². The Morgan fingerprint density at radius 3 is 2.47 bits per heavy atom. The third kappa shape index (κ3) is 2.88. The molecule has 1 heterocycles. The lowest BCUT2D eigenvalue weighted by atomic mass is 9.97. The molecule has 2 rings (SSSR count). The van der Waals surface area contributed by atoms with Crippen molar-refractivity contribution in [2.75, 3.05) is 6.54 Å². The minimum absolute atomic E-state index is 0.457. The van der Waals surface area contributed by atoms with Crippen molar-refractivity contribution in [3.8, 4) is 0 Å². The van der Waals surface area contributed by atoms with Crippen LogP contribution in [0.25, 0.3) is 0 Å². The number of nitrogens with zero attached hydrogens (tertiary/aromatic N) is 1. The third-order valence-corrected chi connectivity index (χ3v) is 5.38. The molecule has 1 nitrogen and oxygen atoms in total. The van der Waals surface area contributed by atoms with Crippen LogP contribution >= 0.6 is 30.3 Å². The van der Waals surface area contributed by atoms with Crippen LogP contribution in [0.1, 0.15) is 43.9 Å². The van der Waals surface area contributed by atoms with Gasteiger partial charge in [0.05, 0.1) is 6.04 Å². The van der Waals surface area contributed by atoms with Gasteiger partial charge in [0.2, 0.25) is 0 Å². The van der Waals surface area contributed by atoms with E-state index in [1.165, 1.54) is 16.7 Å². The molecule has 1 unspecified atom stereocenters. The monoisotopic (exact) mass is 359 g/mol. The molecular formula is C14H18INS. The van der Waals surface area contributed by atoms with Crippen LogP contribution in [-0.4, -0.2) is 10.8 Å². The molecule has 0 spiro atoms. The Balaban J connectivity index is 2.24. The van der Waals surface area contributed by atoms with E-state index in [2.05, 4.69) is 76.6 Å². The molecule has 0 amide bonds. The summed E-state index contributed by atoms with van der Waals surface area (Å²) < 4.78 is 2.42. The average Bonchev–Trinajstić information content (AvgIpc) is 2.70. The Morgan fingerprint density at radius 2 is 1.94 bits per heavy atom. The van der Waals surface area contributed by atoms with Gasteiger partial charge in [-0.25, -0.2) is 4.31 Å². The van der Waals surface area contributed by atoms with Crippen LogP contribution < -0.4 is 0 Å². The molecule has 1 aromatic rings. The van der Waals surface area contributed by atoms with Gasteiger partial charge in [-0.2, -0.15) is 0 Å². The van der Waals surface area contributed by atoms with Gasteiger partial charge in [-0.15, -0.1) is 0 Å². The molecule has 0 saturated heterocycles. The lowest BCUT2D eigenvalue weighted by Crippen LogP contribution is -2.16. The summed E-state index contributed by atoms with van der Waals surface area (Å²) in [5.74, 6) is 0.610. The van der Waals surface area contributed by atoms with Crippen LogP contribution in [0.5, 0.6) is 0 Å². The molecule has 0 fully saturated rings. The van der Waals surface area contributed by atoms with Crippen LogP contribution in [0.15, 0.2) is 35.9 Å². The highest BCUT2D eigenvalue weighted by molar-refractivity contribution is 14.2. The minimum atomic E-state index is 0.457. The fourth-order valence-electron chi connectivity index (χ4n) is 2.24. The van der Waals surface area contributed by atoms with E-state index in [1.807, 2.05) is 0 Å². The molecule has 1 aliphatic heterocycles. The van der Waals surface area contributed by atoms with Gasteiger partial charge in [0.25, 0.3) is 0 Å². The van der Waals surface area contributed by atoms with E-state index >= 15 is 0 Å². The summed E-state index contributed by atoms with van der Waals surface area (Å²) in [5.41, 5.74) is 4.29. The fraction of sp³-hybridized carbons (Fsp3) is 0.429. The maximum Gasteiger partial charge on any atom is 0.0670 e. The van der Waals surface area contributed by atoms with E-state index in [9.17, 15) is 0 Å². The summed E-state index contributed by atoms with van der Waals surface area (Å²) in [6, 6.07) is 9.55. The number of benzene rings is 1. The molecule has 0 radical (unpaired) electrons. The van der Waals surface area contributed by atoms with Gasteiger partial charge < -0.3 is 0 Å². The first-order valence-electron chi connectivity index (χ1n) is 5.95. The molecule has 0 aromatic heterocycles. The number of rotatable bonds is 3. The molecule has 0 N–H and O–H groups in total. The quantitative estimate of drug-likeness (QED) is 0.419. The fourth-order valence-corrected chi connectivity index (χ4v) is 3.90. The summed E-state index contributed by atoms with van der Waals surface area (Å²) in [5, 5.41) is 0. The SMILES string of the molecule is CC1=CCN(SI)C1c1ccc(C(C)C)cc1. The molecule has 0 aliphatic carbocycles. The van der Waals surface area contributed by atoms with Gasteiger partial charge in [0.15, 0.2) is 0 Å². The summed E-state index contributed by atoms with van der Waals surface area (Å²) >= 11 is 2.37. The van der Waals surface area contributed by atoms with Crippen molar-refractivity contribution < 1.29 is 0 Å². The molecule has 0 saturated carbocycles. The second kappa shape index (κ2) is 5.76. The molecule has 1 aliphatic rings. The zero-order valence-electron chi connectivity index (χ0n) is 10.5. The van der Waals surface area contributed by atoms with Gasteiger partial charge in [-0.05, 0) is 33.1 Å². The van der Waals surface area contributed by atoms with Gasteiger partial charge in [0, 0.05) is 27.8 Å². The van der Waals surface area contributed by atoms with Gasteiger partial charge >= 0.3 is 0 Å². The zero-order chi connectivity index (χ0) is 12.4. The predicted octanol–water partition coefficient (Wildman–Crippen LogP) is 5.11. The Morgan fingerprint density at radius 1 is 1.29 bits per heavy atom. The zero-order valence-corrected chi connectivity index (χ0v) is 13.5. The lowest BCUT2D eigenvalue weighted by Gasteiger charge is -2.23. The van der Waals surface area contributed by atoms with E-state index in [0.717, 1.165) is 6.54 Å². The minimum Gasteiger partial charge on any atom is -0.226 e. The van der Waals surface area contributed by atoms with Crippen LogP contribution in [0, 0.1) is 0 Å². The van der Waals surface area contributed by atoms with Crippen molar-refractivity contribution >= 4 is 30.3 Å². The predicted molar refractivity (Wildman–Crippen MR) is 85.3 cm³/mol. The van der Waals surface area contributed by atoms with E-state index in [4.69, 9.17) is 0 Å². The molecule has 3 heteroatoms. The van der Waals surface area contributed by atoms with Crippen molar-refractivity contribution in [2.45, 2.75) is 32.7 Å². The number of halogens is 1. The van der Waals surface area contributed by atoms with Crippen LogP contribution in [0.3, 0.4) is 0 Å². The molecule has 0 bridgehead atoms. The summed E-state index contributed by atoms with van der Waals surface area (Å²) in [7, 11) is 1.80. The van der Waals surface area contributed by atoms with Crippen LogP contribution in [0.2, 0.25) is 0 Å². The Kier molecular flexibility index (Phi) is 4.55. The van der Waals surface area contributed by atoms with Gasteiger partial charge in [-0.1, -0.05) is 49.8 Å². The topological polar surface area (TPSA) is 3.24 Å². The third-order valence-electron chi connectivity index (χ3n) is 3.32. The smallest absolute Gasteiger partial charge is 0.0670 e. The summed E-state index contributed by atoms with van der Waals surface area (Å²) in [6.07, 6.45) is 2.33. The highest BCUT2D eigenvalue weighted by Crippen LogP contribution is 2.40. The maximum atomic E-state index is 2.42. The first-order chi connectivity index (χ1) is 8.13. The van der Waals surface area contributed by atoms with Gasteiger partial charge in [-0.3, -0.25) is 0 Å². The van der Waals surface area contributed by atoms with Crippen molar-refractivity contribution in [3.63, 3.8) is 0 Å². The molecule has 92 valence electrons. The highest BCUT2D eigenvalue weighted by atomic mass is 127. The Bertz CT molecular complexity index is 411. The molecule has 1 aromatic carbocycles. The molecule has 17 heavy (non-hydrogen) atoms. The number of hydrogen-bond acceptors (Lipinski definition) is 2. The van der Waals surface area contributed by atoms with Crippen molar-refractivity contribution in [1.82, 2.24) is 4.31 Å². The van der Waals surface area contributed by atoms with Crippen LogP contribution in [-0.2, 0) is 0 Å². The first kappa shape index (κ1) is 13.4. The Hall–Kier alpha value is 0. The second-order valence-corrected chi connectivity index (χ2v) is 6.63. The summed E-state index contributed by atoms with van der Waals surface area (Å²) in [6.45, 7) is 7.76. The largest absolute Gasteiger partial charge is 0.226 e.